The Morgan fingerprint density at radius 1 is 1.32 bits per heavy atom. The van der Waals surface area contributed by atoms with Gasteiger partial charge in [-0.2, -0.15) is 0 Å². The smallest absolute Gasteiger partial charge is 0.129 e. The van der Waals surface area contributed by atoms with Crippen molar-refractivity contribution in [3.05, 3.63) is 35.9 Å². The summed E-state index contributed by atoms with van der Waals surface area (Å²) >= 11 is 0. The number of para-hydroxylation sites is 1. The lowest BCUT2D eigenvalue weighted by molar-refractivity contribution is 0.585. The lowest BCUT2D eigenvalue weighted by atomic mass is 10.1. The molecule has 1 N–H and O–H groups in total. The van der Waals surface area contributed by atoms with E-state index in [9.17, 15) is 0 Å². The summed E-state index contributed by atoms with van der Waals surface area (Å²) in [6.07, 6.45) is 5.31. The Balaban J connectivity index is 1.84. The van der Waals surface area contributed by atoms with Crippen LogP contribution in [0.1, 0.15) is 38.2 Å². The summed E-state index contributed by atoms with van der Waals surface area (Å²) in [5, 5.41) is 4.87. The molecule has 100 valence electrons. The number of benzene rings is 1. The molecule has 2 nitrogen and oxygen atoms in total. The van der Waals surface area contributed by atoms with Crippen molar-refractivity contribution in [2.75, 3.05) is 5.32 Å². The Morgan fingerprint density at radius 3 is 2.84 bits per heavy atom. The zero-order valence-electron chi connectivity index (χ0n) is 11.8. The summed E-state index contributed by atoms with van der Waals surface area (Å²) in [5.41, 5.74) is 2.32. The minimum absolute atomic E-state index is 0.569. The molecule has 1 heterocycles. The average molecular weight is 254 g/mol. The summed E-state index contributed by atoms with van der Waals surface area (Å²) in [5.74, 6) is 2.02. The van der Waals surface area contributed by atoms with E-state index in [1.807, 2.05) is 0 Å². The Bertz CT molecular complexity index is 572. The molecular weight excluding hydrogens is 232 g/mol. The number of hydrogen-bond acceptors (Lipinski definition) is 2. The normalized spacial score (nSPS) is 16.5. The van der Waals surface area contributed by atoms with Crippen molar-refractivity contribution in [1.29, 1.82) is 0 Å². The highest BCUT2D eigenvalue weighted by molar-refractivity contribution is 5.81. The van der Waals surface area contributed by atoms with Crippen LogP contribution < -0.4 is 5.32 Å². The van der Waals surface area contributed by atoms with E-state index in [-0.39, 0.29) is 0 Å². The van der Waals surface area contributed by atoms with Gasteiger partial charge in [-0.1, -0.05) is 38.0 Å². The second-order valence-corrected chi connectivity index (χ2v) is 5.78. The molecule has 0 amide bonds. The lowest BCUT2D eigenvalue weighted by Gasteiger charge is -2.19. The maximum Gasteiger partial charge on any atom is 0.129 e. The fourth-order valence-corrected chi connectivity index (χ4v) is 2.64. The summed E-state index contributed by atoms with van der Waals surface area (Å²) < 4.78 is 0. The molecule has 1 aromatic heterocycles. The van der Waals surface area contributed by atoms with Crippen molar-refractivity contribution >= 4 is 16.7 Å². The molecule has 1 aliphatic carbocycles. The van der Waals surface area contributed by atoms with Crippen molar-refractivity contribution < 1.29 is 0 Å². The first kappa shape index (κ1) is 12.5. The van der Waals surface area contributed by atoms with Gasteiger partial charge in [0.2, 0.25) is 0 Å². The van der Waals surface area contributed by atoms with E-state index in [1.54, 1.807) is 0 Å². The summed E-state index contributed by atoms with van der Waals surface area (Å²) in [6.45, 7) is 4.40. The molecule has 0 saturated heterocycles. The van der Waals surface area contributed by atoms with Crippen LogP contribution in [0, 0.1) is 12.8 Å². The van der Waals surface area contributed by atoms with Crippen LogP contribution >= 0.6 is 0 Å². The Labute approximate surface area is 115 Å². The topological polar surface area (TPSA) is 24.9 Å². The summed E-state index contributed by atoms with van der Waals surface area (Å²) in [7, 11) is 0. The second-order valence-electron chi connectivity index (χ2n) is 5.78. The predicted molar refractivity (Wildman–Crippen MR) is 81.5 cm³/mol. The van der Waals surface area contributed by atoms with E-state index in [0.29, 0.717) is 6.04 Å². The van der Waals surface area contributed by atoms with Crippen molar-refractivity contribution in [2.45, 2.75) is 45.6 Å². The fourth-order valence-electron chi connectivity index (χ4n) is 2.64. The van der Waals surface area contributed by atoms with Crippen molar-refractivity contribution in [3.63, 3.8) is 0 Å². The van der Waals surface area contributed by atoms with Crippen LogP contribution in [0.15, 0.2) is 30.3 Å². The highest BCUT2D eigenvalue weighted by Gasteiger charge is 2.25. The average Bonchev–Trinajstić information content (AvgIpc) is 3.22. The van der Waals surface area contributed by atoms with Crippen molar-refractivity contribution in [3.8, 4) is 0 Å². The number of aromatic nitrogens is 1. The van der Waals surface area contributed by atoms with Gasteiger partial charge in [-0.05, 0) is 43.4 Å². The van der Waals surface area contributed by atoms with Gasteiger partial charge in [-0.15, -0.1) is 0 Å². The lowest BCUT2D eigenvalue weighted by Crippen LogP contribution is -2.20. The molecule has 1 aliphatic rings. The molecule has 1 saturated carbocycles. The number of hydrogen-bond donors (Lipinski definition) is 1. The summed E-state index contributed by atoms with van der Waals surface area (Å²) in [6, 6.07) is 11.1. The predicted octanol–water partition coefficient (Wildman–Crippen LogP) is 4.53. The number of aryl methyl sites for hydroxylation is 1. The molecule has 1 unspecified atom stereocenters. The third-order valence-electron chi connectivity index (χ3n) is 4.06. The van der Waals surface area contributed by atoms with Gasteiger partial charge in [-0.25, -0.2) is 4.98 Å². The molecule has 0 radical (unpaired) electrons. The molecule has 3 rings (SSSR count). The Morgan fingerprint density at radius 2 is 2.11 bits per heavy atom. The molecule has 0 aliphatic heterocycles. The molecule has 1 fully saturated rings. The van der Waals surface area contributed by atoms with Crippen molar-refractivity contribution in [2.24, 2.45) is 5.92 Å². The van der Waals surface area contributed by atoms with Crippen LogP contribution in [0.3, 0.4) is 0 Å². The minimum atomic E-state index is 0.569. The van der Waals surface area contributed by atoms with Gasteiger partial charge in [0.15, 0.2) is 0 Å². The zero-order chi connectivity index (χ0) is 13.2. The number of anilines is 1. The molecule has 1 aromatic carbocycles. The van der Waals surface area contributed by atoms with Gasteiger partial charge in [-0.3, -0.25) is 0 Å². The fraction of sp³-hybridized carbons (Fsp3) is 0.471. The maximum atomic E-state index is 4.78. The molecule has 2 aromatic rings. The monoisotopic (exact) mass is 254 g/mol. The maximum absolute atomic E-state index is 4.78. The van der Waals surface area contributed by atoms with Crippen LogP contribution in [0.4, 0.5) is 5.82 Å². The largest absolute Gasteiger partial charge is 0.367 e. The molecule has 0 spiro atoms. The zero-order valence-corrected chi connectivity index (χ0v) is 11.8. The van der Waals surface area contributed by atoms with E-state index in [1.165, 1.54) is 36.6 Å². The van der Waals surface area contributed by atoms with E-state index < -0.39 is 0 Å². The number of fused-ring (bicyclic) bond motifs is 1. The second kappa shape index (κ2) is 5.20. The Hall–Kier alpha value is -1.57. The van der Waals surface area contributed by atoms with Crippen LogP contribution in [-0.2, 0) is 0 Å². The summed E-state index contributed by atoms with van der Waals surface area (Å²) in [4.78, 5) is 4.78. The molecule has 2 heteroatoms. The SMILES string of the molecule is CCC(CC1CC1)Nc1nc2ccccc2cc1C. The number of nitrogens with one attached hydrogen (secondary N) is 1. The highest BCUT2D eigenvalue weighted by Crippen LogP contribution is 2.35. The quantitative estimate of drug-likeness (QED) is 0.847. The number of pyridine rings is 1. The third kappa shape index (κ3) is 2.89. The van der Waals surface area contributed by atoms with Gasteiger partial charge in [0.1, 0.15) is 5.82 Å². The van der Waals surface area contributed by atoms with Crippen LogP contribution in [0.25, 0.3) is 10.9 Å². The number of rotatable bonds is 5. The van der Waals surface area contributed by atoms with E-state index in [0.717, 1.165) is 17.3 Å². The highest BCUT2D eigenvalue weighted by atomic mass is 15.0. The molecule has 1 atom stereocenters. The first-order valence-corrected chi connectivity index (χ1v) is 7.39. The van der Waals surface area contributed by atoms with Gasteiger partial charge in [0.25, 0.3) is 0 Å². The standard InChI is InChI=1S/C17H22N2/c1-3-15(11-13-8-9-13)18-17-12(2)10-14-6-4-5-7-16(14)19-17/h4-7,10,13,15H,3,8-9,11H2,1-2H3,(H,18,19). The van der Waals surface area contributed by atoms with E-state index in [2.05, 4.69) is 49.5 Å². The van der Waals surface area contributed by atoms with Gasteiger partial charge >= 0.3 is 0 Å². The van der Waals surface area contributed by atoms with Gasteiger partial charge in [0.05, 0.1) is 5.52 Å². The number of nitrogens with zero attached hydrogens (tertiary/aromatic N) is 1. The van der Waals surface area contributed by atoms with Crippen LogP contribution in [0.2, 0.25) is 0 Å². The van der Waals surface area contributed by atoms with Gasteiger partial charge < -0.3 is 5.32 Å². The minimum Gasteiger partial charge on any atom is -0.367 e. The first-order chi connectivity index (χ1) is 9.26. The molecule has 19 heavy (non-hydrogen) atoms. The molecular formula is C17H22N2. The third-order valence-corrected chi connectivity index (χ3v) is 4.06. The van der Waals surface area contributed by atoms with E-state index in [4.69, 9.17) is 4.98 Å². The first-order valence-electron chi connectivity index (χ1n) is 7.39. The van der Waals surface area contributed by atoms with E-state index >= 15 is 0 Å². The molecule has 0 bridgehead atoms. The van der Waals surface area contributed by atoms with Gasteiger partial charge in [0, 0.05) is 11.4 Å². The van der Waals surface area contributed by atoms with Crippen molar-refractivity contribution in [1.82, 2.24) is 4.98 Å². The Kier molecular flexibility index (Phi) is 3.41. The van der Waals surface area contributed by atoms with Crippen LogP contribution in [0.5, 0.6) is 0 Å². The van der Waals surface area contributed by atoms with Crippen LogP contribution in [-0.4, -0.2) is 11.0 Å².